The number of aryl methyl sites for hydroxylation is 2. The molecule has 4 aromatic heterocycles. The van der Waals surface area contributed by atoms with Crippen molar-refractivity contribution >= 4 is 22.5 Å². The van der Waals surface area contributed by atoms with E-state index in [2.05, 4.69) is 32.2 Å². The number of benzene rings is 2. The molecule has 0 fully saturated rings. The molecule has 202 valence electrons. The molecule has 0 aliphatic heterocycles. The van der Waals surface area contributed by atoms with Crippen molar-refractivity contribution in [1.29, 1.82) is 0 Å². The molecule has 0 radical (unpaired) electrons. The quantitative estimate of drug-likeness (QED) is 0.340. The molecule has 4 heterocycles. The van der Waals surface area contributed by atoms with Crippen LogP contribution in [-0.4, -0.2) is 39.6 Å². The Morgan fingerprint density at radius 2 is 1.80 bits per heavy atom. The number of rotatable bonds is 4. The van der Waals surface area contributed by atoms with E-state index in [1.165, 1.54) is 4.57 Å². The Labute approximate surface area is 235 Å². The van der Waals surface area contributed by atoms with Gasteiger partial charge in [-0.2, -0.15) is 5.10 Å². The molecule has 0 saturated heterocycles. The molecule has 0 spiro atoms. The molecule has 6 aromatic rings. The second-order valence-corrected chi connectivity index (χ2v) is 9.69. The van der Waals surface area contributed by atoms with E-state index in [0.29, 0.717) is 44.9 Å². The summed E-state index contributed by atoms with van der Waals surface area (Å²) in [6.07, 6.45) is 5.06. The SMILES string of the molecule is Cc1nn2cccnc2c1C(=O)NC(C)c1nc2cccc(C#Cc3cnc(C)n3C)c2c(=O)n1-c1ccccc1. The molecule has 10 heteroatoms. The largest absolute Gasteiger partial charge is 0.342 e. The molecule has 0 aliphatic carbocycles. The number of amides is 1. The summed E-state index contributed by atoms with van der Waals surface area (Å²) in [4.78, 5) is 41.2. The number of imidazole rings is 1. The minimum Gasteiger partial charge on any atom is -0.342 e. The average molecular weight is 543 g/mol. The number of hydrogen-bond donors (Lipinski definition) is 1. The van der Waals surface area contributed by atoms with Crippen LogP contribution in [0.5, 0.6) is 0 Å². The molecule has 1 unspecified atom stereocenters. The first-order valence-corrected chi connectivity index (χ1v) is 13.1. The van der Waals surface area contributed by atoms with Gasteiger partial charge in [0.05, 0.1) is 34.5 Å². The lowest BCUT2D eigenvalue weighted by Crippen LogP contribution is -2.33. The Morgan fingerprint density at radius 3 is 2.56 bits per heavy atom. The summed E-state index contributed by atoms with van der Waals surface area (Å²) in [5, 5.41) is 7.80. The molecule has 2 aromatic carbocycles. The summed E-state index contributed by atoms with van der Waals surface area (Å²) in [6, 6.07) is 15.8. The van der Waals surface area contributed by atoms with Gasteiger partial charge < -0.3 is 9.88 Å². The molecule has 10 nitrogen and oxygen atoms in total. The molecule has 1 amide bonds. The zero-order chi connectivity index (χ0) is 28.7. The molecular formula is C31H26N8O2. The third-order valence-electron chi connectivity index (χ3n) is 7.02. The van der Waals surface area contributed by atoms with Crippen LogP contribution in [0.3, 0.4) is 0 Å². The van der Waals surface area contributed by atoms with Crippen LogP contribution in [0.4, 0.5) is 0 Å². The van der Waals surface area contributed by atoms with Crippen LogP contribution in [0, 0.1) is 25.7 Å². The molecule has 0 aliphatic rings. The Bertz CT molecular complexity index is 2080. The van der Waals surface area contributed by atoms with E-state index in [1.54, 1.807) is 49.1 Å². The number of carbonyl (C=O) groups excluding carboxylic acids is 1. The highest BCUT2D eigenvalue weighted by atomic mass is 16.2. The van der Waals surface area contributed by atoms with Gasteiger partial charge in [0.25, 0.3) is 11.5 Å². The van der Waals surface area contributed by atoms with E-state index in [4.69, 9.17) is 4.98 Å². The third-order valence-corrected chi connectivity index (χ3v) is 7.02. The standard InChI is InChI=1S/C31H26N8O2/c1-19-26(29-32-16-9-17-38(29)36-19)30(40)34-20(2)28-35-25-13-8-10-22(14-15-24-18-33-21(3)37(24)4)27(25)31(41)39(28)23-11-6-5-7-12-23/h5-13,16-18,20H,1-4H3,(H,34,40). The normalized spacial score (nSPS) is 11.8. The number of nitrogens with zero attached hydrogens (tertiary/aromatic N) is 7. The summed E-state index contributed by atoms with van der Waals surface area (Å²) < 4.78 is 4.99. The first-order chi connectivity index (χ1) is 19.8. The monoisotopic (exact) mass is 542 g/mol. The van der Waals surface area contributed by atoms with Crippen LogP contribution in [0.15, 0.2) is 78.0 Å². The van der Waals surface area contributed by atoms with E-state index in [1.807, 2.05) is 61.0 Å². The van der Waals surface area contributed by atoms with Gasteiger partial charge in [0.1, 0.15) is 22.9 Å². The summed E-state index contributed by atoms with van der Waals surface area (Å²) >= 11 is 0. The number of hydrogen-bond acceptors (Lipinski definition) is 6. The topological polar surface area (TPSA) is 112 Å². The van der Waals surface area contributed by atoms with Crippen molar-refractivity contribution < 1.29 is 4.79 Å². The van der Waals surface area contributed by atoms with Crippen molar-refractivity contribution in [3.63, 3.8) is 0 Å². The second-order valence-electron chi connectivity index (χ2n) is 9.69. The number of fused-ring (bicyclic) bond motifs is 2. The van der Waals surface area contributed by atoms with Crippen LogP contribution in [0.2, 0.25) is 0 Å². The van der Waals surface area contributed by atoms with Crippen LogP contribution in [0.25, 0.3) is 22.2 Å². The summed E-state index contributed by atoms with van der Waals surface area (Å²) in [6.45, 7) is 5.46. The van der Waals surface area contributed by atoms with E-state index in [9.17, 15) is 9.59 Å². The van der Waals surface area contributed by atoms with Crippen LogP contribution < -0.4 is 10.9 Å². The van der Waals surface area contributed by atoms with Crippen LogP contribution in [-0.2, 0) is 7.05 Å². The fraction of sp³-hybridized carbons (Fsp3) is 0.161. The highest BCUT2D eigenvalue weighted by Gasteiger charge is 2.24. The molecule has 1 N–H and O–H groups in total. The van der Waals surface area contributed by atoms with Crippen molar-refractivity contribution in [1.82, 2.24) is 39.0 Å². The van der Waals surface area contributed by atoms with E-state index in [0.717, 1.165) is 11.5 Å². The predicted molar refractivity (Wildman–Crippen MR) is 155 cm³/mol. The fourth-order valence-corrected chi connectivity index (χ4v) is 4.81. The highest BCUT2D eigenvalue weighted by Crippen LogP contribution is 2.21. The maximum atomic E-state index is 14.2. The smallest absolute Gasteiger partial charge is 0.267 e. The lowest BCUT2D eigenvalue weighted by atomic mass is 10.1. The lowest BCUT2D eigenvalue weighted by Gasteiger charge is -2.20. The average Bonchev–Trinajstić information content (AvgIpc) is 3.49. The molecule has 1 atom stereocenters. The Balaban J connectivity index is 1.48. The molecular weight excluding hydrogens is 516 g/mol. The number of carbonyl (C=O) groups is 1. The van der Waals surface area contributed by atoms with Gasteiger partial charge in [0.2, 0.25) is 0 Å². The lowest BCUT2D eigenvalue weighted by molar-refractivity contribution is 0.0938. The Kier molecular flexibility index (Phi) is 6.40. The zero-order valence-electron chi connectivity index (χ0n) is 23.0. The first-order valence-electron chi connectivity index (χ1n) is 13.1. The van der Waals surface area contributed by atoms with E-state index in [-0.39, 0.29) is 11.5 Å². The molecule has 6 rings (SSSR count). The van der Waals surface area contributed by atoms with Gasteiger partial charge in [0.15, 0.2) is 5.65 Å². The van der Waals surface area contributed by atoms with Gasteiger partial charge in [-0.25, -0.2) is 19.5 Å². The Hall–Kier alpha value is -5.56. The minimum atomic E-state index is -0.634. The van der Waals surface area contributed by atoms with Gasteiger partial charge in [-0.3, -0.25) is 14.2 Å². The predicted octanol–water partition coefficient (Wildman–Crippen LogP) is 3.67. The minimum absolute atomic E-state index is 0.280. The summed E-state index contributed by atoms with van der Waals surface area (Å²) in [5.41, 5.74) is 3.50. The van der Waals surface area contributed by atoms with Gasteiger partial charge in [-0.05, 0) is 57.0 Å². The van der Waals surface area contributed by atoms with Crippen LogP contribution >= 0.6 is 0 Å². The fourth-order valence-electron chi connectivity index (χ4n) is 4.81. The van der Waals surface area contributed by atoms with Gasteiger partial charge in [0, 0.05) is 25.0 Å². The van der Waals surface area contributed by atoms with E-state index >= 15 is 0 Å². The Morgan fingerprint density at radius 1 is 1.00 bits per heavy atom. The molecule has 0 bridgehead atoms. The first kappa shape index (κ1) is 25.7. The van der Waals surface area contributed by atoms with Crippen molar-refractivity contribution in [2.24, 2.45) is 7.05 Å². The number of aromatic nitrogens is 7. The maximum Gasteiger partial charge on any atom is 0.267 e. The van der Waals surface area contributed by atoms with Crippen molar-refractivity contribution in [3.05, 3.63) is 118 Å². The van der Waals surface area contributed by atoms with Crippen molar-refractivity contribution in [2.75, 3.05) is 0 Å². The van der Waals surface area contributed by atoms with Crippen molar-refractivity contribution in [3.8, 4) is 17.5 Å². The summed E-state index contributed by atoms with van der Waals surface area (Å²) in [5.74, 6) is 7.15. The second kappa shape index (κ2) is 10.2. The van der Waals surface area contributed by atoms with E-state index < -0.39 is 6.04 Å². The highest BCUT2D eigenvalue weighted by molar-refractivity contribution is 6.01. The van der Waals surface area contributed by atoms with Gasteiger partial charge >= 0.3 is 0 Å². The van der Waals surface area contributed by atoms with Gasteiger partial charge in [-0.1, -0.05) is 30.2 Å². The maximum absolute atomic E-state index is 14.2. The third kappa shape index (κ3) is 4.53. The number of para-hydroxylation sites is 1. The molecule has 0 saturated carbocycles. The summed E-state index contributed by atoms with van der Waals surface area (Å²) in [7, 11) is 1.89. The van der Waals surface area contributed by atoms with Crippen molar-refractivity contribution in [2.45, 2.75) is 26.8 Å². The number of nitrogens with one attached hydrogen (secondary N) is 1. The molecule has 41 heavy (non-hydrogen) atoms. The van der Waals surface area contributed by atoms with Crippen LogP contribution in [0.1, 0.15) is 51.9 Å². The zero-order valence-corrected chi connectivity index (χ0v) is 23.0. The van der Waals surface area contributed by atoms with Gasteiger partial charge in [-0.15, -0.1) is 0 Å².